The predicted octanol–water partition coefficient (Wildman–Crippen LogP) is 8.32. The Hall–Kier alpha value is -6.54. The van der Waals surface area contributed by atoms with E-state index in [1.54, 1.807) is 30.3 Å². The van der Waals surface area contributed by atoms with E-state index in [-0.39, 0.29) is 22.6 Å². The van der Waals surface area contributed by atoms with Crippen molar-refractivity contribution in [2.75, 3.05) is 5.73 Å². The number of carbonyl (C=O) groups is 2. The van der Waals surface area contributed by atoms with Crippen LogP contribution < -0.4 is 15.2 Å². The summed E-state index contributed by atoms with van der Waals surface area (Å²) in [6, 6.07) is 39.4. The van der Waals surface area contributed by atoms with E-state index in [2.05, 4.69) is 0 Å². The average molecular weight is 622 g/mol. The van der Waals surface area contributed by atoms with Crippen LogP contribution in [0.4, 0.5) is 5.69 Å². The Morgan fingerprint density at radius 2 is 0.957 bits per heavy atom. The second-order valence-corrected chi connectivity index (χ2v) is 11.1. The van der Waals surface area contributed by atoms with Crippen LogP contribution in [0.15, 0.2) is 133 Å². The van der Waals surface area contributed by atoms with Crippen LogP contribution in [0.3, 0.4) is 0 Å². The zero-order chi connectivity index (χ0) is 32.7. The van der Waals surface area contributed by atoms with Crippen molar-refractivity contribution < 1.29 is 34.4 Å². The molecule has 0 spiro atoms. The van der Waals surface area contributed by atoms with Crippen LogP contribution in [0.2, 0.25) is 0 Å². The first kappa shape index (κ1) is 29.2. The molecular weight excluding hydrogens is 594 g/mol. The fourth-order valence-electron chi connectivity index (χ4n) is 6.30. The number of phenols is 1. The van der Waals surface area contributed by atoms with Gasteiger partial charge in [-0.25, -0.2) is 9.59 Å². The normalized spacial score (nSPS) is 12.5. The van der Waals surface area contributed by atoms with Crippen molar-refractivity contribution in [1.29, 1.82) is 0 Å². The van der Waals surface area contributed by atoms with E-state index in [0.717, 1.165) is 27.8 Å². The summed E-state index contributed by atoms with van der Waals surface area (Å²) in [5, 5.41) is 29.7. The Morgan fingerprint density at radius 1 is 0.532 bits per heavy atom. The third-order valence-electron chi connectivity index (χ3n) is 8.46. The molecule has 0 aromatic heterocycles. The Morgan fingerprint density at radius 3 is 1.40 bits per heavy atom. The van der Waals surface area contributed by atoms with Crippen LogP contribution in [0.1, 0.15) is 43.0 Å². The Labute approximate surface area is 269 Å². The second-order valence-electron chi connectivity index (χ2n) is 11.1. The van der Waals surface area contributed by atoms with Gasteiger partial charge >= 0.3 is 11.9 Å². The molecule has 230 valence electrons. The number of nitrogen functional groups attached to an aromatic ring is 1. The maximum Gasteiger partial charge on any atom is 0.335 e. The van der Waals surface area contributed by atoms with E-state index >= 15 is 0 Å². The van der Waals surface area contributed by atoms with Crippen LogP contribution in [0.25, 0.3) is 11.1 Å². The third kappa shape index (κ3) is 4.98. The fourth-order valence-corrected chi connectivity index (χ4v) is 6.30. The molecular formula is C39H27NO7. The van der Waals surface area contributed by atoms with Crippen molar-refractivity contribution in [2.24, 2.45) is 0 Å². The summed E-state index contributed by atoms with van der Waals surface area (Å²) in [4.78, 5) is 22.5. The molecule has 0 bridgehead atoms. The van der Waals surface area contributed by atoms with Crippen molar-refractivity contribution >= 4 is 17.6 Å². The molecule has 0 fully saturated rings. The summed E-state index contributed by atoms with van der Waals surface area (Å²) in [7, 11) is 0. The van der Waals surface area contributed by atoms with Crippen LogP contribution in [0, 0.1) is 0 Å². The lowest BCUT2D eigenvalue weighted by atomic mass is 9.67. The number of nitrogens with two attached hydrogens (primary N) is 1. The van der Waals surface area contributed by atoms with Gasteiger partial charge in [-0.3, -0.25) is 0 Å². The minimum Gasteiger partial charge on any atom is -0.505 e. The molecule has 0 aliphatic heterocycles. The molecule has 6 aromatic rings. The molecule has 0 heterocycles. The number of hydrogen-bond donors (Lipinski definition) is 4. The number of anilines is 1. The smallest absolute Gasteiger partial charge is 0.335 e. The van der Waals surface area contributed by atoms with Gasteiger partial charge in [-0.15, -0.1) is 0 Å². The lowest BCUT2D eigenvalue weighted by molar-refractivity contribution is 0.0686. The van der Waals surface area contributed by atoms with Gasteiger partial charge in [0.15, 0.2) is 0 Å². The van der Waals surface area contributed by atoms with E-state index in [1.165, 1.54) is 24.3 Å². The van der Waals surface area contributed by atoms with Crippen molar-refractivity contribution in [3.05, 3.63) is 167 Å². The first-order valence-electron chi connectivity index (χ1n) is 14.7. The Kier molecular flexibility index (Phi) is 7.10. The summed E-state index contributed by atoms with van der Waals surface area (Å²) in [6.07, 6.45) is 0. The number of carboxylic acid groups (broad SMARTS) is 2. The average Bonchev–Trinajstić information content (AvgIpc) is 3.39. The van der Waals surface area contributed by atoms with Crippen LogP contribution >= 0.6 is 0 Å². The summed E-state index contributed by atoms with van der Waals surface area (Å²) in [5.74, 6) is 0.138. The van der Waals surface area contributed by atoms with Gasteiger partial charge in [0.25, 0.3) is 0 Å². The number of aromatic hydroxyl groups is 1. The number of benzene rings is 6. The monoisotopic (exact) mass is 621 g/mol. The second kappa shape index (κ2) is 11.4. The SMILES string of the molecule is Nc1ccc2c(c1O)-c1ccccc1C2(c1ccc(Oc2ccc(C(=O)O)cc2)cc1)c1ccc(Oc2ccc(C(=O)O)cc2)cc1. The van der Waals surface area contributed by atoms with Crippen molar-refractivity contribution in [3.63, 3.8) is 0 Å². The first-order valence-corrected chi connectivity index (χ1v) is 14.7. The summed E-state index contributed by atoms with van der Waals surface area (Å²) < 4.78 is 12.1. The fraction of sp³-hybridized carbons (Fsp3) is 0.0256. The molecule has 47 heavy (non-hydrogen) atoms. The number of aromatic carboxylic acids is 2. The largest absolute Gasteiger partial charge is 0.505 e. The van der Waals surface area contributed by atoms with Gasteiger partial charge in [0.05, 0.1) is 22.2 Å². The van der Waals surface area contributed by atoms with Crippen molar-refractivity contribution in [3.8, 4) is 39.9 Å². The molecule has 0 radical (unpaired) electrons. The van der Waals surface area contributed by atoms with E-state index < -0.39 is 17.4 Å². The molecule has 0 amide bonds. The van der Waals surface area contributed by atoms with Gasteiger partial charge in [-0.05, 0) is 107 Å². The van der Waals surface area contributed by atoms with Crippen molar-refractivity contribution in [1.82, 2.24) is 0 Å². The number of hydrogen-bond acceptors (Lipinski definition) is 6. The molecule has 0 saturated heterocycles. The highest BCUT2D eigenvalue weighted by Crippen LogP contribution is 2.59. The minimum absolute atomic E-state index is 0.0198. The highest BCUT2D eigenvalue weighted by atomic mass is 16.5. The standard InChI is InChI=1S/C39H27NO7/c40-34-22-21-33-35(36(34)41)31-3-1-2-4-32(31)39(33,25-9-17-29(18-10-25)46-27-13-5-23(6-14-27)37(42)43)26-11-19-30(20-12-26)47-28-15-7-24(8-16-28)38(44)45/h1-22,41H,40H2,(H,42,43)(H,44,45). The molecule has 7 rings (SSSR count). The quantitative estimate of drug-likeness (QED) is 0.0981. The topological polar surface area (TPSA) is 139 Å². The van der Waals surface area contributed by atoms with Gasteiger partial charge in [0.2, 0.25) is 0 Å². The molecule has 0 atom stereocenters. The summed E-state index contributed by atoms with van der Waals surface area (Å²) in [6.45, 7) is 0. The van der Waals surface area contributed by atoms with E-state index in [4.69, 9.17) is 15.2 Å². The number of carboxylic acids is 2. The van der Waals surface area contributed by atoms with Crippen molar-refractivity contribution in [2.45, 2.75) is 5.41 Å². The maximum absolute atomic E-state index is 11.3. The number of phenolic OH excluding ortho intramolecular Hbond substituents is 1. The lowest BCUT2D eigenvalue weighted by Gasteiger charge is -2.34. The molecule has 8 nitrogen and oxygen atoms in total. The third-order valence-corrected chi connectivity index (χ3v) is 8.46. The van der Waals surface area contributed by atoms with Gasteiger partial charge < -0.3 is 30.5 Å². The number of rotatable bonds is 8. The van der Waals surface area contributed by atoms with Gasteiger partial charge in [-0.2, -0.15) is 0 Å². The van der Waals surface area contributed by atoms with Gasteiger partial charge in [0, 0.05) is 5.56 Å². The molecule has 1 aliphatic rings. The van der Waals surface area contributed by atoms with Crippen LogP contribution in [-0.2, 0) is 5.41 Å². The highest BCUT2D eigenvalue weighted by molar-refractivity contribution is 5.92. The summed E-state index contributed by atoms with van der Waals surface area (Å²) in [5.41, 5.74) is 11.2. The lowest BCUT2D eigenvalue weighted by Crippen LogP contribution is -2.28. The molecule has 6 aromatic carbocycles. The van der Waals surface area contributed by atoms with E-state index in [9.17, 15) is 24.9 Å². The first-order chi connectivity index (χ1) is 22.8. The Bertz CT molecular complexity index is 2030. The van der Waals surface area contributed by atoms with E-state index in [0.29, 0.717) is 28.6 Å². The minimum atomic E-state index is -1.01. The van der Waals surface area contributed by atoms with Gasteiger partial charge in [0.1, 0.15) is 28.7 Å². The predicted molar refractivity (Wildman–Crippen MR) is 177 cm³/mol. The number of ether oxygens (including phenoxy) is 2. The molecule has 8 heteroatoms. The zero-order valence-corrected chi connectivity index (χ0v) is 24.8. The molecule has 1 aliphatic carbocycles. The zero-order valence-electron chi connectivity index (χ0n) is 24.8. The van der Waals surface area contributed by atoms with Crippen LogP contribution in [-0.4, -0.2) is 27.3 Å². The number of fused-ring (bicyclic) bond motifs is 3. The van der Waals surface area contributed by atoms with E-state index in [1.807, 2.05) is 78.9 Å². The molecule has 5 N–H and O–H groups in total. The maximum atomic E-state index is 11.3. The molecule has 0 saturated carbocycles. The Balaban J connectivity index is 1.32. The molecule has 0 unspecified atom stereocenters. The van der Waals surface area contributed by atoms with Gasteiger partial charge in [-0.1, -0.05) is 54.6 Å². The van der Waals surface area contributed by atoms with Crippen LogP contribution in [0.5, 0.6) is 28.7 Å². The highest BCUT2D eigenvalue weighted by Gasteiger charge is 2.47. The summed E-state index contributed by atoms with van der Waals surface area (Å²) >= 11 is 0.